The lowest BCUT2D eigenvalue weighted by Gasteiger charge is -2.37. The van der Waals surface area contributed by atoms with Crippen molar-refractivity contribution in [3.8, 4) is 0 Å². The molecule has 2 fully saturated rings. The van der Waals surface area contributed by atoms with E-state index in [1.54, 1.807) is 0 Å². The lowest BCUT2D eigenvalue weighted by Crippen LogP contribution is -2.36. The summed E-state index contributed by atoms with van der Waals surface area (Å²) in [4.78, 5) is 0. The molecule has 0 atom stereocenters. The molecule has 4 rings (SSSR count). The molecule has 4 nitrogen and oxygen atoms in total. The van der Waals surface area contributed by atoms with E-state index in [1.165, 1.54) is 51.4 Å². The Bertz CT molecular complexity index is 602. The molecular formula is C17H24N4. The van der Waals surface area contributed by atoms with Crippen molar-refractivity contribution in [3.05, 3.63) is 30.2 Å². The van der Waals surface area contributed by atoms with Crippen molar-refractivity contribution < 1.29 is 0 Å². The summed E-state index contributed by atoms with van der Waals surface area (Å²) < 4.78 is 2.08. The molecule has 2 heterocycles. The molecule has 2 saturated carbocycles. The van der Waals surface area contributed by atoms with Gasteiger partial charge in [0.25, 0.3) is 0 Å². The average molecular weight is 284 g/mol. The Morgan fingerprint density at radius 2 is 1.90 bits per heavy atom. The first-order valence-corrected chi connectivity index (χ1v) is 8.37. The summed E-state index contributed by atoms with van der Waals surface area (Å²) >= 11 is 0. The van der Waals surface area contributed by atoms with Gasteiger partial charge in [-0.1, -0.05) is 18.9 Å². The largest absolute Gasteiger partial charge is 0.307 e. The lowest BCUT2D eigenvalue weighted by atomic mass is 9.71. The van der Waals surface area contributed by atoms with Gasteiger partial charge in [-0.15, -0.1) is 10.2 Å². The van der Waals surface area contributed by atoms with Gasteiger partial charge in [0, 0.05) is 12.2 Å². The van der Waals surface area contributed by atoms with E-state index in [9.17, 15) is 0 Å². The molecule has 0 aromatic carbocycles. The normalized spacial score (nSPS) is 22.3. The van der Waals surface area contributed by atoms with E-state index >= 15 is 0 Å². The molecule has 2 aromatic rings. The minimum atomic E-state index is 0.660. The van der Waals surface area contributed by atoms with Gasteiger partial charge in [0.05, 0.1) is 6.54 Å². The van der Waals surface area contributed by atoms with Crippen molar-refractivity contribution in [3.63, 3.8) is 0 Å². The third-order valence-corrected chi connectivity index (χ3v) is 5.64. The van der Waals surface area contributed by atoms with Crippen LogP contribution < -0.4 is 5.32 Å². The maximum Gasteiger partial charge on any atom is 0.160 e. The highest BCUT2D eigenvalue weighted by Crippen LogP contribution is 2.48. The van der Waals surface area contributed by atoms with E-state index in [1.807, 2.05) is 24.4 Å². The van der Waals surface area contributed by atoms with Crippen molar-refractivity contribution in [2.45, 2.75) is 64.0 Å². The molecule has 112 valence electrons. The highest BCUT2D eigenvalue weighted by atomic mass is 15.3. The molecule has 2 aliphatic carbocycles. The van der Waals surface area contributed by atoms with Crippen molar-refractivity contribution in [2.75, 3.05) is 0 Å². The standard InChI is InChI=1S/C17H24N4/c1-4-12-21-15(5-1)19-20-16(21)13-18-14-6-10-17(11-7-14)8-2-3-9-17/h1,4-5,12,14,18H,2-3,6-11,13H2. The van der Waals surface area contributed by atoms with Crippen LogP contribution in [-0.4, -0.2) is 20.6 Å². The number of fused-ring (bicyclic) bond motifs is 1. The quantitative estimate of drug-likeness (QED) is 0.940. The molecule has 4 heteroatoms. The average Bonchev–Trinajstić information content (AvgIpc) is 3.15. The Labute approximate surface area is 126 Å². The molecule has 0 unspecified atom stereocenters. The van der Waals surface area contributed by atoms with Crippen LogP contribution in [0.2, 0.25) is 0 Å². The van der Waals surface area contributed by atoms with Gasteiger partial charge in [0.15, 0.2) is 11.5 Å². The van der Waals surface area contributed by atoms with E-state index in [0.717, 1.165) is 23.4 Å². The van der Waals surface area contributed by atoms with Crippen LogP contribution in [0.3, 0.4) is 0 Å². The van der Waals surface area contributed by atoms with Crippen LogP contribution >= 0.6 is 0 Å². The first kappa shape index (κ1) is 13.3. The van der Waals surface area contributed by atoms with Crippen LogP contribution in [0.25, 0.3) is 5.65 Å². The van der Waals surface area contributed by atoms with Gasteiger partial charge in [-0.25, -0.2) is 0 Å². The van der Waals surface area contributed by atoms with Gasteiger partial charge in [0.2, 0.25) is 0 Å². The molecule has 0 bridgehead atoms. The summed E-state index contributed by atoms with van der Waals surface area (Å²) in [5.74, 6) is 1.02. The Hall–Kier alpha value is -1.42. The summed E-state index contributed by atoms with van der Waals surface area (Å²) in [7, 11) is 0. The lowest BCUT2D eigenvalue weighted by molar-refractivity contribution is 0.167. The molecular weight excluding hydrogens is 260 g/mol. The third kappa shape index (κ3) is 2.57. The Balaban J connectivity index is 1.35. The van der Waals surface area contributed by atoms with Gasteiger partial charge in [-0.05, 0) is 56.1 Å². The number of nitrogens with one attached hydrogen (secondary N) is 1. The molecule has 1 N–H and O–H groups in total. The SMILES string of the molecule is c1ccn2c(CNC3CCC4(CCCC4)CC3)nnc2c1. The molecule has 2 aliphatic rings. The van der Waals surface area contributed by atoms with E-state index in [4.69, 9.17) is 0 Å². The van der Waals surface area contributed by atoms with Crippen molar-refractivity contribution >= 4 is 5.65 Å². The van der Waals surface area contributed by atoms with Crippen molar-refractivity contribution in [2.24, 2.45) is 5.41 Å². The molecule has 0 amide bonds. The van der Waals surface area contributed by atoms with Crippen LogP contribution in [-0.2, 0) is 6.54 Å². The smallest absolute Gasteiger partial charge is 0.160 e. The zero-order valence-electron chi connectivity index (χ0n) is 12.6. The van der Waals surface area contributed by atoms with E-state index in [2.05, 4.69) is 19.9 Å². The second-order valence-electron chi connectivity index (χ2n) is 6.91. The molecule has 0 saturated heterocycles. The predicted octanol–water partition coefficient (Wildman–Crippen LogP) is 3.32. The van der Waals surface area contributed by atoms with E-state index < -0.39 is 0 Å². The zero-order chi connectivity index (χ0) is 14.1. The molecule has 0 radical (unpaired) electrons. The maximum absolute atomic E-state index is 4.30. The minimum Gasteiger partial charge on any atom is -0.307 e. The van der Waals surface area contributed by atoms with E-state index in [-0.39, 0.29) is 0 Å². The van der Waals surface area contributed by atoms with Gasteiger partial charge < -0.3 is 5.32 Å². The first-order chi connectivity index (χ1) is 10.3. The summed E-state index contributed by atoms with van der Waals surface area (Å²) in [6.45, 7) is 0.822. The monoisotopic (exact) mass is 284 g/mol. The number of nitrogens with zero attached hydrogens (tertiary/aromatic N) is 3. The fourth-order valence-corrected chi connectivity index (χ4v) is 4.31. The summed E-state index contributed by atoms with van der Waals surface area (Å²) in [5, 5.41) is 12.2. The Morgan fingerprint density at radius 1 is 1.10 bits per heavy atom. The Morgan fingerprint density at radius 3 is 2.71 bits per heavy atom. The summed E-state index contributed by atoms with van der Waals surface area (Å²) in [5.41, 5.74) is 1.66. The van der Waals surface area contributed by atoms with Crippen molar-refractivity contribution in [1.82, 2.24) is 19.9 Å². The molecule has 1 spiro atoms. The summed E-state index contributed by atoms with van der Waals surface area (Å²) in [6, 6.07) is 6.70. The summed E-state index contributed by atoms with van der Waals surface area (Å²) in [6.07, 6.45) is 13.4. The number of rotatable bonds is 3. The van der Waals surface area contributed by atoms with E-state index in [0.29, 0.717) is 6.04 Å². The van der Waals surface area contributed by atoms with Crippen molar-refractivity contribution in [1.29, 1.82) is 0 Å². The highest BCUT2D eigenvalue weighted by molar-refractivity contribution is 5.36. The fraction of sp³-hybridized carbons (Fsp3) is 0.647. The van der Waals surface area contributed by atoms with Gasteiger partial charge in [-0.2, -0.15) is 0 Å². The molecule has 2 aromatic heterocycles. The Kier molecular flexibility index (Phi) is 3.42. The number of aromatic nitrogens is 3. The van der Waals surface area contributed by atoms with Gasteiger partial charge in [0.1, 0.15) is 0 Å². The van der Waals surface area contributed by atoms with Crippen LogP contribution in [0.15, 0.2) is 24.4 Å². The van der Waals surface area contributed by atoms with Crippen LogP contribution in [0, 0.1) is 5.41 Å². The third-order valence-electron chi connectivity index (χ3n) is 5.64. The maximum atomic E-state index is 4.30. The second kappa shape index (κ2) is 5.41. The number of hydrogen-bond donors (Lipinski definition) is 1. The number of hydrogen-bond acceptors (Lipinski definition) is 3. The van der Waals surface area contributed by atoms with Crippen LogP contribution in [0.4, 0.5) is 0 Å². The van der Waals surface area contributed by atoms with Crippen LogP contribution in [0.5, 0.6) is 0 Å². The minimum absolute atomic E-state index is 0.660. The zero-order valence-corrected chi connectivity index (χ0v) is 12.6. The van der Waals surface area contributed by atoms with Gasteiger partial charge in [-0.3, -0.25) is 4.40 Å². The molecule has 21 heavy (non-hydrogen) atoms. The second-order valence-corrected chi connectivity index (χ2v) is 6.91. The fourth-order valence-electron chi connectivity index (χ4n) is 4.31. The highest BCUT2D eigenvalue weighted by Gasteiger charge is 2.37. The van der Waals surface area contributed by atoms with Crippen LogP contribution in [0.1, 0.15) is 57.2 Å². The number of pyridine rings is 1. The topological polar surface area (TPSA) is 42.2 Å². The van der Waals surface area contributed by atoms with Gasteiger partial charge >= 0.3 is 0 Å². The first-order valence-electron chi connectivity index (χ1n) is 8.37. The predicted molar refractivity (Wildman–Crippen MR) is 83.0 cm³/mol. The molecule has 0 aliphatic heterocycles.